The maximum absolute atomic E-state index is 2.99. The summed E-state index contributed by atoms with van der Waals surface area (Å²) in [6, 6.07) is 0. The molecule has 0 spiro atoms. The van der Waals surface area contributed by atoms with E-state index in [0.717, 1.165) is 6.42 Å². The van der Waals surface area contributed by atoms with E-state index in [4.69, 9.17) is 0 Å². The van der Waals surface area contributed by atoms with E-state index < -0.39 is 0 Å². The molecule has 0 aromatic rings. The van der Waals surface area contributed by atoms with Crippen LogP contribution in [0.3, 0.4) is 0 Å². The first-order chi connectivity index (χ1) is 2.50. The number of allylic oxidation sites excluding steroid dienone is 4. The van der Waals surface area contributed by atoms with Gasteiger partial charge in [0.2, 0.25) is 0 Å². The summed E-state index contributed by atoms with van der Waals surface area (Å²) in [5.74, 6) is 0. The molecule has 1 aliphatic rings. The van der Waals surface area contributed by atoms with Crippen LogP contribution < -0.4 is 0 Å². The van der Waals surface area contributed by atoms with E-state index in [9.17, 15) is 0 Å². The van der Waals surface area contributed by atoms with Crippen molar-refractivity contribution in [3.8, 4) is 0 Å². The van der Waals surface area contributed by atoms with Gasteiger partial charge in [-0.25, -0.2) is 12.2 Å². The largest absolute Gasteiger partial charge is 0.358 e. The van der Waals surface area contributed by atoms with Gasteiger partial charge in [-0.1, -0.05) is 0 Å². The molecule has 0 aliphatic heterocycles. The van der Waals surface area contributed by atoms with Crippen LogP contribution >= 0.6 is 0 Å². The second kappa shape index (κ2) is 30.8. The van der Waals surface area contributed by atoms with Gasteiger partial charge in [0.1, 0.15) is 0 Å². The summed E-state index contributed by atoms with van der Waals surface area (Å²) in [5, 5.41) is 0. The molecule has 0 saturated carbocycles. The van der Waals surface area contributed by atoms with Crippen LogP contribution in [0.4, 0.5) is 0 Å². The molecular formula is C10H20Gd-6. The van der Waals surface area contributed by atoms with Gasteiger partial charge < -0.3 is 37.1 Å². The molecule has 0 radical (unpaired) electrons. The van der Waals surface area contributed by atoms with Gasteiger partial charge in [0.05, 0.1) is 0 Å². The first kappa shape index (κ1) is 40.9. The van der Waals surface area contributed by atoms with Crippen LogP contribution in [0.25, 0.3) is 0 Å². The van der Waals surface area contributed by atoms with Gasteiger partial charge in [0.15, 0.2) is 0 Å². The fourth-order valence-corrected chi connectivity index (χ4v) is 0.340. The van der Waals surface area contributed by atoms with Crippen LogP contribution in [0.5, 0.6) is 0 Å². The predicted octanol–water partition coefficient (Wildman–Crippen LogP) is 3.56. The second-order valence-electron chi connectivity index (χ2n) is 1.00. The van der Waals surface area contributed by atoms with Crippen LogP contribution in [0, 0.1) is 83.1 Å². The Hall–Kier alpha value is 0.805. The SMILES string of the molecule is [C-]1=CC=CC1.[CH3-].[CH3-].[CH3-].[CH3-].[CH3-].[Gd]. The second-order valence-corrected chi connectivity index (χ2v) is 1.00. The fourth-order valence-electron chi connectivity index (χ4n) is 0.340. The van der Waals surface area contributed by atoms with E-state index in [1.54, 1.807) is 0 Å². The van der Waals surface area contributed by atoms with Crippen molar-refractivity contribution in [2.75, 3.05) is 0 Å². The van der Waals surface area contributed by atoms with Gasteiger partial charge in [-0.15, -0.1) is 6.42 Å². The molecular weight excluding hydrogens is 277 g/mol. The smallest absolute Gasteiger partial charge is 0 e. The van der Waals surface area contributed by atoms with Crippen LogP contribution in [-0.2, 0) is 0 Å². The van der Waals surface area contributed by atoms with Crippen molar-refractivity contribution in [2.24, 2.45) is 0 Å². The fraction of sp³-hybridized carbons (Fsp3) is 0.100. The molecule has 1 heteroatoms. The molecule has 0 unspecified atom stereocenters. The van der Waals surface area contributed by atoms with Gasteiger partial charge in [0.25, 0.3) is 0 Å². The zero-order valence-corrected chi connectivity index (χ0v) is 10.6. The van der Waals surface area contributed by atoms with Crippen molar-refractivity contribution in [3.05, 3.63) is 61.4 Å². The quantitative estimate of drug-likeness (QED) is 0.600. The minimum absolute atomic E-state index is 0. The molecule has 1 rings (SSSR count). The predicted molar refractivity (Wildman–Crippen MR) is 53.6 cm³/mol. The Morgan fingerprint density at radius 2 is 1.36 bits per heavy atom. The first-order valence-corrected chi connectivity index (χ1v) is 1.72. The van der Waals surface area contributed by atoms with E-state index in [1.807, 2.05) is 12.2 Å². The van der Waals surface area contributed by atoms with E-state index in [-0.39, 0.29) is 77.1 Å². The molecule has 0 amide bonds. The third-order valence-corrected chi connectivity index (χ3v) is 0.586. The summed E-state index contributed by atoms with van der Waals surface area (Å²) in [7, 11) is 0. The number of hydrogen-bond donors (Lipinski definition) is 0. The van der Waals surface area contributed by atoms with Crippen LogP contribution in [0.1, 0.15) is 6.42 Å². The van der Waals surface area contributed by atoms with Crippen molar-refractivity contribution in [2.45, 2.75) is 6.42 Å². The maximum atomic E-state index is 2.99. The van der Waals surface area contributed by atoms with Gasteiger partial charge in [-0.05, 0) is 0 Å². The van der Waals surface area contributed by atoms with Gasteiger partial charge in [-0.2, -0.15) is 6.08 Å². The summed E-state index contributed by atoms with van der Waals surface area (Å²) in [6.07, 6.45) is 10.0. The molecule has 0 aromatic carbocycles. The van der Waals surface area contributed by atoms with Crippen molar-refractivity contribution in [1.29, 1.82) is 0 Å². The molecule has 1 aliphatic carbocycles. The Kier molecular flexibility index (Phi) is 115. The normalized spacial score (nSPS) is 8.00. The average molecular weight is 298 g/mol. The van der Waals surface area contributed by atoms with E-state index >= 15 is 0 Å². The van der Waals surface area contributed by atoms with Crippen molar-refractivity contribution in [1.82, 2.24) is 0 Å². The molecule has 0 saturated heterocycles. The molecule has 0 atom stereocenters. The van der Waals surface area contributed by atoms with Crippen LogP contribution in [0.15, 0.2) is 18.2 Å². The molecule has 0 nitrogen and oxygen atoms in total. The number of hydrogen-bond acceptors (Lipinski definition) is 0. The van der Waals surface area contributed by atoms with Gasteiger partial charge >= 0.3 is 0 Å². The maximum Gasteiger partial charge on any atom is 0 e. The van der Waals surface area contributed by atoms with E-state index in [0.29, 0.717) is 0 Å². The Morgan fingerprint density at radius 1 is 0.909 bits per heavy atom. The summed E-state index contributed by atoms with van der Waals surface area (Å²) < 4.78 is 0. The summed E-state index contributed by atoms with van der Waals surface area (Å²) in [4.78, 5) is 0. The first-order valence-electron chi connectivity index (χ1n) is 1.72. The van der Waals surface area contributed by atoms with E-state index in [2.05, 4.69) is 12.2 Å². The zero-order chi connectivity index (χ0) is 3.54. The summed E-state index contributed by atoms with van der Waals surface area (Å²) in [5.41, 5.74) is 0. The summed E-state index contributed by atoms with van der Waals surface area (Å²) >= 11 is 0. The van der Waals surface area contributed by atoms with Gasteiger partial charge in [-0.3, -0.25) is 6.08 Å². The molecule has 0 bridgehead atoms. The molecule has 11 heavy (non-hydrogen) atoms. The molecule has 0 heterocycles. The van der Waals surface area contributed by atoms with Crippen molar-refractivity contribution in [3.63, 3.8) is 0 Å². The Morgan fingerprint density at radius 3 is 1.45 bits per heavy atom. The standard InChI is InChI=1S/C5H5.5CH3.Gd/c1-2-4-5-3-1;;;;;;/h1-3H,4H2;5*1H3;/q6*-1;. The third-order valence-electron chi connectivity index (χ3n) is 0.586. The van der Waals surface area contributed by atoms with Crippen LogP contribution in [0.2, 0.25) is 0 Å². The summed E-state index contributed by atoms with van der Waals surface area (Å²) in [6.45, 7) is 0. The topological polar surface area (TPSA) is 0 Å². The minimum atomic E-state index is 0. The minimum Gasteiger partial charge on any atom is -0.358 e. The van der Waals surface area contributed by atoms with Crippen molar-refractivity contribution >= 4 is 0 Å². The monoisotopic (exact) mass is 298 g/mol. The Balaban J connectivity index is -0.0000000104. The number of rotatable bonds is 0. The van der Waals surface area contributed by atoms with E-state index in [1.165, 1.54) is 0 Å². The zero-order valence-electron chi connectivity index (χ0n) is 8.29. The molecule has 0 aromatic heterocycles. The van der Waals surface area contributed by atoms with Crippen molar-refractivity contribution < 1.29 is 39.9 Å². The molecule has 74 valence electrons. The Bertz CT molecular complexity index is 62.9. The van der Waals surface area contributed by atoms with Crippen LogP contribution in [-0.4, -0.2) is 0 Å². The van der Waals surface area contributed by atoms with Gasteiger partial charge in [0, 0.05) is 39.9 Å². The molecule has 0 N–H and O–H groups in total. The molecule has 0 fully saturated rings. The third kappa shape index (κ3) is 24.9. The average Bonchev–Trinajstić information content (AvgIpc) is 1.76. The Labute approximate surface area is 107 Å².